The van der Waals surface area contributed by atoms with Crippen molar-refractivity contribution in [2.24, 2.45) is 0 Å². The quantitative estimate of drug-likeness (QED) is 0.149. The summed E-state index contributed by atoms with van der Waals surface area (Å²) in [5.41, 5.74) is 16.9. The molecule has 6 heteroatoms. The zero-order valence-electron chi connectivity index (χ0n) is 36.0. The second-order valence-electron chi connectivity index (χ2n) is 14.6. The second kappa shape index (κ2) is 19.7. The van der Waals surface area contributed by atoms with E-state index in [1.54, 1.807) is 0 Å². The Morgan fingerprint density at radius 2 is 1.72 bits per heavy atom. The van der Waals surface area contributed by atoms with Crippen molar-refractivity contribution >= 4 is 33.8 Å². The van der Waals surface area contributed by atoms with Gasteiger partial charge in [0.2, 0.25) is 0 Å². The maximum Gasteiger partial charge on any atom is 0.145 e. The second-order valence-corrected chi connectivity index (χ2v) is 14.6. The summed E-state index contributed by atoms with van der Waals surface area (Å²) in [7, 11) is 0. The maximum absolute atomic E-state index is 6.76. The molecule has 4 aromatic rings. The Hall–Kier alpha value is -5.33. The molecule has 7 rings (SSSR count). The van der Waals surface area contributed by atoms with E-state index in [0.717, 1.165) is 82.7 Å². The maximum atomic E-state index is 6.76. The van der Waals surface area contributed by atoms with Gasteiger partial charge in [-0.3, -0.25) is 9.88 Å². The van der Waals surface area contributed by atoms with Crippen LogP contribution in [0, 0.1) is 0 Å². The number of para-hydroxylation sites is 4. The van der Waals surface area contributed by atoms with Crippen LogP contribution in [-0.4, -0.2) is 32.1 Å². The molecular formula is C51H66N6. The van der Waals surface area contributed by atoms with Crippen molar-refractivity contribution in [3.63, 3.8) is 0 Å². The number of nitrogens with one attached hydrogen (secondary N) is 1. The smallest absolute Gasteiger partial charge is 0.145 e. The summed E-state index contributed by atoms with van der Waals surface area (Å²) in [6.45, 7) is 24.1. The summed E-state index contributed by atoms with van der Waals surface area (Å²) >= 11 is 0. The van der Waals surface area contributed by atoms with Crippen molar-refractivity contribution in [2.75, 3.05) is 10.6 Å². The van der Waals surface area contributed by atoms with E-state index in [2.05, 4.69) is 170 Å². The molecule has 1 aromatic heterocycles. The Kier molecular flexibility index (Phi) is 14.8. The van der Waals surface area contributed by atoms with Crippen LogP contribution in [-0.2, 0) is 0 Å². The zero-order valence-corrected chi connectivity index (χ0v) is 36.0. The van der Waals surface area contributed by atoms with Crippen molar-refractivity contribution < 1.29 is 0 Å². The monoisotopic (exact) mass is 763 g/mol. The molecule has 1 aliphatic heterocycles. The van der Waals surface area contributed by atoms with Crippen LogP contribution < -0.4 is 16.0 Å². The highest BCUT2D eigenvalue weighted by molar-refractivity contribution is 5.88. The lowest BCUT2D eigenvalue weighted by atomic mass is 9.88. The number of rotatable bonds is 11. The van der Waals surface area contributed by atoms with E-state index in [4.69, 9.17) is 17.3 Å². The molecule has 57 heavy (non-hydrogen) atoms. The number of imidazole rings is 1. The standard InChI is InChI=1S/C47H54N6.2C2H6/c1-7-10-21-33(4)53-46(50-44-28-19-20-29-47(44,53)6)37-31-35(34(5)51(39-22-13-11-12-14-23-39)42-26-17-15-24-40(42)48)30-36(32-37)45-49-41-25-16-18-27-43(41)52(45)38(8-2)9-3;2*1-2/h8,11-13,15-22,24-32,39,44,46,50H,5,7,9-10,14,23,48H2,1-4,6H3;2*1-2H3/b33-21+,38-8+;;. The minimum absolute atomic E-state index is 0.0750. The van der Waals surface area contributed by atoms with Crippen LogP contribution in [0.15, 0.2) is 140 Å². The topological polar surface area (TPSA) is 62.4 Å². The van der Waals surface area contributed by atoms with Crippen LogP contribution in [0.25, 0.3) is 33.8 Å². The third-order valence-electron chi connectivity index (χ3n) is 11.1. The van der Waals surface area contributed by atoms with Gasteiger partial charge in [-0.25, -0.2) is 4.98 Å². The molecule has 3 N–H and O–H groups in total. The lowest BCUT2D eigenvalue weighted by Gasteiger charge is -2.41. The minimum atomic E-state index is -0.239. The van der Waals surface area contributed by atoms with E-state index >= 15 is 0 Å². The molecule has 1 saturated heterocycles. The summed E-state index contributed by atoms with van der Waals surface area (Å²) in [5, 5.41) is 4.06. The van der Waals surface area contributed by atoms with Crippen molar-refractivity contribution in [1.82, 2.24) is 19.8 Å². The summed E-state index contributed by atoms with van der Waals surface area (Å²) < 4.78 is 2.34. The number of hydrogen-bond acceptors (Lipinski definition) is 5. The van der Waals surface area contributed by atoms with E-state index in [1.165, 1.54) is 11.4 Å². The molecule has 4 unspecified atom stereocenters. The molecule has 3 aromatic carbocycles. The minimum Gasteiger partial charge on any atom is -0.397 e. The first-order valence-electron chi connectivity index (χ1n) is 21.3. The van der Waals surface area contributed by atoms with Gasteiger partial charge in [-0.2, -0.15) is 0 Å². The van der Waals surface area contributed by atoms with Gasteiger partial charge in [0.1, 0.15) is 12.0 Å². The Bertz CT molecular complexity index is 2180. The van der Waals surface area contributed by atoms with Crippen LogP contribution in [0.2, 0.25) is 0 Å². The van der Waals surface area contributed by atoms with Gasteiger partial charge in [-0.15, -0.1) is 0 Å². The first kappa shape index (κ1) is 42.8. The summed E-state index contributed by atoms with van der Waals surface area (Å²) in [4.78, 5) is 10.3. The number of aromatic nitrogens is 2. The fourth-order valence-corrected chi connectivity index (χ4v) is 8.40. The number of fused-ring (bicyclic) bond motifs is 2. The van der Waals surface area contributed by atoms with Crippen LogP contribution in [0.1, 0.15) is 112 Å². The molecule has 0 bridgehead atoms. The highest BCUT2D eigenvalue weighted by Gasteiger charge is 2.48. The first-order chi connectivity index (χ1) is 27.8. The predicted octanol–water partition coefficient (Wildman–Crippen LogP) is 13.2. The molecule has 300 valence electrons. The lowest BCUT2D eigenvalue weighted by molar-refractivity contribution is 0.199. The molecule has 0 spiro atoms. The number of unbranched alkanes of at least 4 members (excludes halogenated alkanes) is 1. The fraction of sp³-hybridized carbons (Fsp3) is 0.353. The molecule has 4 atom stereocenters. The van der Waals surface area contributed by atoms with E-state index in [0.29, 0.717) is 0 Å². The third-order valence-corrected chi connectivity index (χ3v) is 11.1. The number of nitrogen functional groups attached to an aromatic ring is 1. The van der Waals surface area contributed by atoms with Crippen molar-refractivity contribution in [1.29, 1.82) is 0 Å². The lowest BCUT2D eigenvalue weighted by Crippen LogP contribution is -2.46. The normalized spacial score (nSPS) is 21.4. The number of nitrogens with zero attached hydrogens (tertiary/aromatic N) is 4. The highest BCUT2D eigenvalue weighted by atomic mass is 15.4. The molecule has 2 heterocycles. The molecule has 0 saturated carbocycles. The highest BCUT2D eigenvalue weighted by Crippen LogP contribution is 2.45. The van der Waals surface area contributed by atoms with E-state index in [9.17, 15) is 0 Å². The number of benzene rings is 3. The van der Waals surface area contributed by atoms with E-state index in [-0.39, 0.29) is 23.8 Å². The number of hydrogen-bond donors (Lipinski definition) is 2. The Morgan fingerprint density at radius 1 is 0.982 bits per heavy atom. The van der Waals surface area contributed by atoms with Gasteiger partial charge >= 0.3 is 0 Å². The third kappa shape index (κ3) is 8.67. The van der Waals surface area contributed by atoms with Gasteiger partial charge in [-0.05, 0) is 100 Å². The van der Waals surface area contributed by atoms with Gasteiger partial charge in [0.05, 0.1) is 40.0 Å². The molecule has 6 nitrogen and oxygen atoms in total. The summed E-state index contributed by atoms with van der Waals surface area (Å²) in [6, 6.07) is 23.8. The molecule has 3 aliphatic rings. The SMILES string of the molecule is C=C(c1cc(-c2nc3ccccc3n2/C(=C/C)CC)cc(C2NC3C=CC=CC3(C)N2/C(C)=C/CCC)c1)N(c1ccccc1N)C1C=CC=CCC1.CC.CC. The van der Waals surface area contributed by atoms with Gasteiger partial charge in [-0.1, -0.05) is 140 Å². The van der Waals surface area contributed by atoms with Crippen LogP contribution >= 0.6 is 0 Å². The Labute approximate surface area is 343 Å². The number of allylic oxidation sites excluding steroid dienone is 9. The van der Waals surface area contributed by atoms with Crippen molar-refractivity contribution in [3.05, 3.63) is 151 Å². The first-order valence-corrected chi connectivity index (χ1v) is 21.3. The Morgan fingerprint density at radius 3 is 2.46 bits per heavy atom. The summed E-state index contributed by atoms with van der Waals surface area (Å²) in [5.74, 6) is 0.924. The average Bonchev–Trinajstić information content (AvgIpc) is 3.65. The molecular weight excluding hydrogens is 697 g/mol. The van der Waals surface area contributed by atoms with E-state index < -0.39 is 0 Å². The molecule has 1 fully saturated rings. The van der Waals surface area contributed by atoms with Crippen LogP contribution in [0.5, 0.6) is 0 Å². The number of nitrogens with two attached hydrogens (primary N) is 1. The van der Waals surface area contributed by atoms with Crippen molar-refractivity contribution in [3.8, 4) is 11.4 Å². The molecule has 2 aliphatic carbocycles. The molecule has 0 radical (unpaired) electrons. The summed E-state index contributed by atoms with van der Waals surface area (Å²) in [6.07, 6.45) is 27.2. The van der Waals surface area contributed by atoms with Gasteiger partial charge in [0.15, 0.2) is 0 Å². The van der Waals surface area contributed by atoms with Crippen molar-refractivity contribution in [2.45, 2.75) is 118 Å². The van der Waals surface area contributed by atoms with Gasteiger partial charge in [0, 0.05) is 22.7 Å². The van der Waals surface area contributed by atoms with Crippen LogP contribution in [0.4, 0.5) is 11.4 Å². The predicted molar refractivity (Wildman–Crippen MR) is 249 cm³/mol. The zero-order chi connectivity index (χ0) is 41.1. The largest absolute Gasteiger partial charge is 0.397 e. The average molecular weight is 763 g/mol. The van der Waals surface area contributed by atoms with Gasteiger partial charge < -0.3 is 15.5 Å². The van der Waals surface area contributed by atoms with Crippen LogP contribution in [0.3, 0.4) is 0 Å². The number of anilines is 2. The van der Waals surface area contributed by atoms with Gasteiger partial charge in [0.25, 0.3) is 0 Å². The molecule has 0 amide bonds. The fourth-order valence-electron chi connectivity index (χ4n) is 8.40. The van der Waals surface area contributed by atoms with E-state index in [1.807, 2.05) is 39.8 Å². The Balaban J connectivity index is 0.00000150.